The molecule has 31 heavy (non-hydrogen) atoms. The summed E-state index contributed by atoms with van der Waals surface area (Å²) in [5.41, 5.74) is 4.10. The molecule has 0 fully saturated rings. The number of carbonyl (C=O) groups excluding carboxylic acids is 2. The number of nitriles is 1. The van der Waals surface area contributed by atoms with E-state index < -0.39 is 0 Å². The number of thiophene rings is 1. The van der Waals surface area contributed by atoms with Crippen molar-refractivity contribution < 1.29 is 9.59 Å². The zero-order valence-corrected chi connectivity index (χ0v) is 18.9. The van der Waals surface area contributed by atoms with E-state index in [0.29, 0.717) is 17.0 Å². The van der Waals surface area contributed by atoms with Gasteiger partial charge in [-0.3, -0.25) is 9.59 Å². The number of rotatable bonds is 6. The fourth-order valence-electron chi connectivity index (χ4n) is 3.94. The van der Waals surface area contributed by atoms with Crippen LogP contribution in [0.15, 0.2) is 63.7 Å². The summed E-state index contributed by atoms with van der Waals surface area (Å²) in [6.45, 7) is 2.09. The van der Waals surface area contributed by atoms with Crippen LogP contribution in [0, 0.1) is 11.3 Å². The van der Waals surface area contributed by atoms with Gasteiger partial charge in [0.1, 0.15) is 0 Å². The number of Topliss-reactive ketones (excluding diaryl/α,β-unsaturated/α-hetero) is 1. The summed E-state index contributed by atoms with van der Waals surface area (Å²) in [5.74, 6) is -0.192. The lowest BCUT2D eigenvalue weighted by molar-refractivity contribution is -0.116. The zero-order valence-electron chi connectivity index (χ0n) is 17.2. The van der Waals surface area contributed by atoms with Crippen LogP contribution in [0.1, 0.15) is 42.5 Å². The maximum absolute atomic E-state index is 12.7. The van der Waals surface area contributed by atoms with Gasteiger partial charge in [0.05, 0.1) is 28.3 Å². The summed E-state index contributed by atoms with van der Waals surface area (Å²) in [7, 11) is 0. The van der Waals surface area contributed by atoms with Gasteiger partial charge >= 0.3 is 0 Å². The Kier molecular flexibility index (Phi) is 6.59. The number of thioether (sulfide) groups is 1. The number of amides is 1. The number of benzene rings is 1. The molecule has 1 unspecified atom stereocenters. The molecule has 1 amide bonds. The second kappa shape index (κ2) is 9.54. The molecule has 7 heteroatoms. The van der Waals surface area contributed by atoms with Gasteiger partial charge in [-0.15, -0.1) is 11.3 Å². The summed E-state index contributed by atoms with van der Waals surface area (Å²) in [4.78, 5) is 26.2. The maximum atomic E-state index is 12.7. The van der Waals surface area contributed by atoms with Crippen LogP contribution in [-0.4, -0.2) is 17.4 Å². The number of ketones is 1. The smallest absolute Gasteiger partial charge is 0.234 e. The molecular weight excluding hydrogens is 426 g/mol. The predicted molar refractivity (Wildman–Crippen MR) is 126 cm³/mol. The van der Waals surface area contributed by atoms with Crippen molar-refractivity contribution in [3.05, 3.63) is 74.1 Å². The van der Waals surface area contributed by atoms with E-state index in [1.54, 1.807) is 11.3 Å². The van der Waals surface area contributed by atoms with Crippen LogP contribution in [0.4, 0.5) is 5.69 Å². The molecular formula is C24H23N3O2S2. The molecule has 0 bridgehead atoms. The molecule has 158 valence electrons. The number of anilines is 1. The minimum Gasteiger partial charge on any atom is -0.352 e. The monoisotopic (exact) mass is 449 g/mol. The third-order valence-corrected chi connectivity index (χ3v) is 7.44. The molecule has 1 atom stereocenters. The summed E-state index contributed by atoms with van der Waals surface area (Å²) in [6, 6.07) is 14.0. The average molecular weight is 450 g/mol. The fourth-order valence-corrected chi connectivity index (χ4v) is 5.64. The number of hydrogen-bond acceptors (Lipinski definition) is 6. The van der Waals surface area contributed by atoms with Crippen molar-refractivity contribution >= 4 is 40.5 Å². The van der Waals surface area contributed by atoms with Crippen LogP contribution < -0.4 is 10.6 Å². The van der Waals surface area contributed by atoms with Gasteiger partial charge < -0.3 is 10.6 Å². The number of nitrogens with one attached hydrogen (secondary N) is 2. The quantitative estimate of drug-likeness (QED) is 0.640. The van der Waals surface area contributed by atoms with E-state index in [1.807, 2.05) is 41.8 Å². The molecule has 2 aliphatic rings. The van der Waals surface area contributed by atoms with Gasteiger partial charge in [0.2, 0.25) is 5.91 Å². The predicted octanol–water partition coefficient (Wildman–Crippen LogP) is 5.11. The molecule has 1 aromatic heterocycles. The van der Waals surface area contributed by atoms with Crippen molar-refractivity contribution in [2.75, 3.05) is 11.1 Å². The Balaban J connectivity index is 1.54. The van der Waals surface area contributed by atoms with Crippen LogP contribution in [0.5, 0.6) is 0 Å². The Bertz CT molecular complexity index is 1090. The molecule has 1 aliphatic carbocycles. The largest absolute Gasteiger partial charge is 0.352 e. The highest BCUT2D eigenvalue weighted by Gasteiger charge is 2.37. The fraction of sp³-hybridized carbons (Fsp3) is 0.292. The molecule has 0 saturated heterocycles. The molecule has 0 spiro atoms. The Morgan fingerprint density at radius 2 is 2.10 bits per heavy atom. The van der Waals surface area contributed by atoms with Crippen molar-refractivity contribution in [3.8, 4) is 6.07 Å². The number of aryl methyl sites for hydroxylation is 1. The van der Waals surface area contributed by atoms with Gasteiger partial charge in [-0.25, -0.2) is 0 Å². The summed E-state index contributed by atoms with van der Waals surface area (Å²) in [6.07, 6.45) is 3.05. The highest BCUT2D eigenvalue weighted by Crippen LogP contribution is 2.45. The molecule has 4 rings (SSSR count). The van der Waals surface area contributed by atoms with Crippen molar-refractivity contribution in [1.29, 1.82) is 5.26 Å². The average Bonchev–Trinajstić information content (AvgIpc) is 3.32. The second-order valence-electron chi connectivity index (χ2n) is 7.48. The van der Waals surface area contributed by atoms with Crippen molar-refractivity contribution in [3.63, 3.8) is 0 Å². The molecule has 2 heterocycles. The maximum Gasteiger partial charge on any atom is 0.234 e. The van der Waals surface area contributed by atoms with Crippen molar-refractivity contribution in [2.24, 2.45) is 0 Å². The number of allylic oxidation sites excluding steroid dienone is 3. The van der Waals surface area contributed by atoms with Gasteiger partial charge in [0, 0.05) is 28.3 Å². The third kappa shape index (κ3) is 4.60. The van der Waals surface area contributed by atoms with Crippen molar-refractivity contribution in [2.45, 2.75) is 38.5 Å². The van der Waals surface area contributed by atoms with E-state index in [2.05, 4.69) is 23.6 Å². The van der Waals surface area contributed by atoms with Gasteiger partial charge in [-0.1, -0.05) is 36.9 Å². The van der Waals surface area contributed by atoms with Crippen LogP contribution in [0.3, 0.4) is 0 Å². The minimum atomic E-state index is -0.346. The van der Waals surface area contributed by atoms with E-state index in [9.17, 15) is 14.9 Å². The van der Waals surface area contributed by atoms with Crippen LogP contribution >= 0.6 is 23.1 Å². The van der Waals surface area contributed by atoms with Gasteiger partial charge in [-0.2, -0.15) is 5.26 Å². The van der Waals surface area contributed by atoms with Gasteiger partial charge in [0.25, 0.3) is 0 Å². The van der Waals surface area contributed by atoms with Gasteiger partial charge in [-0.05, 0) is 48.4 Å². The molecule has 2 aromatic rings. The topological polar surface area (TPSA) is 82.0 Å². The number of carbonyl (C=O) groups is 2. The molecule has 0 saturated carbocycles. The highest BCUT2D eigenvalue weighted by atomic mass is 32.2. The Hall–Kier alpha value is -2.82. The first-order chi connectivity index (χ1) is 15.1. The lowest BCUT2D eigenvalue weighted by Gasteiger charge is -2.32. The van der Waals surface area contributed by atoms with Crippen molar-refractivity contribution in [1.82, 2.24) is 5.32 Å². The molecule has 2 N–H and O–H groups in total. The lowest BCUT2D eigenvalue weighted by atomic mass is 9.79. The van der Waals surface area contributed by atoms with E-state index >= 15 is 0 Å². The van der Waals surface area contributed by atoms with E-state index in [4.69, 9.17) is 0 Å². The Morgan fingerprint density at radius 1 is 1.29 bits per heavy atom. The summed E-state index contributed by atoms with van der Waals surface area (Å²) < 4.78 is 0. The minimum absolute atomic E-state index is 0.109. The third-order valence-electron chi connectivity index (χ3n) is 5.48. The van der Waals surface area contributed by atoms with Crippen LogP contribution in [0.2, 0.25) is 0 Å². The van der Waals surface area contributed by atoms with Crippen LogP contribution in [0.25, 0.3) is 0 Å². The lowest BCUT2D eigenvalue weighted by Crippen LogP contribution is -2.31. The van der Waals surface area contributed by atoms with Gasteiger partial charge in [0.15, 0.2) is 5.78 Å². The Morgan fingerprint density at radius 3 is 2.77 bits per heavy atom. The first-order valence-corrected chi connectivity index (χ1v) is 12.2. The molecule has 5 nitrogen and oxygen atoms in total. The zero-order chi connectivity index (χ0) is 21.8. The van der Waals surface area contributed by atoms with E-state index in [0.717, 1.165) is 41.1 Å². The summed E-state index contributed by atoms with van der Waals surface area (Å²) >= 11 is 2.87. The number of dihydropyridines is 1. The first-order valence-electron chi connectivity index (χ1n) is 10.3. The van der Waals surface area contributed by atoms with E-state index in [1.165, 1.54) is 17.3 Å². The first kappa shape index (κ1) is 21.4. The van der Waals surface area contributed by atoms with E-state index in [-0.39, 0.29) is 23.4 Å². The highest BCUT2D eigenvalue weighted by molar-refractivity contribution is 8.03. The van der Waals surface area contributed by atoms with Crippen LogP contribution in [-0.2, 0) is 16.0 Å². The second-order valence-corrected chi connectivity index (χ2v) is 9.45. The molecule has 0 radical (unpaired) electrons. The SMILES string of the molecule is CCc1ccc(NC(=O)CSC2=C(C#N)C(c3cccs3)C3=C(CCCC3=O)N2)cc1. The standard InChI is InChI=1S/C24H23N3O2S2/c1-2-15-8-10-16(11-9-15)26-21(29)14-31-24-17(13-25)22(20-7-4-12-30-20)23-18(27-24)5-3-6-19(23)28/h4,7-12,22,27H,2-3,5-6,14H2,1H3,(H,26,29). The Labute approximate surface area is 190 Å². The summed E-state index contributed by atoms with van der Waals surface area (Å²) in [5, 5.41) is 18.8. The normalized spacial score (nSPS) is 18.3. The molecule has 1 aliphatic heterocycles. The number of nitrogens with zero attached hydrogens (tertiary/aromatic N) is 1. The molecule has 1 aromatic carbocycles. The number of hydrogen-bond donors (Lipinski definition) is 2.